The van der Waals surface area contributed by atoms with Gasteiger partial charge in [0.25, 0.3) is 5.91 Å². The van der Waals surface area contributed by atoms with Gasteiger partial charge < -0.3 is 15.0 Å². The standard InChI is InChI=1S/C23H27N3O5S/c1-15-4-6-18(7-5-15)25(3)23(28)17-8-10-26(11-9-17)32(29,30)21-13-20-19(12-16(21)2)24-22(27)14-31-20/h4-7,12-13,17H,8-11,14H2,1-3H3,(H,24,27). The summed E-state index contributed by atoms with van der Waals surface area (Å²) in [5.41, 5.74) is 2.96. The number of carbonyl (C=O) groups excluding carboxylic acids is 2. The maximum atomic E-state index is 13.3. The summed E-state index contributed by atoms with van der Waals surface area (Å²) in [6.45, 7) is 4.09. The summed E-state index contributed by atoms with van der Waals surface area (Å²) in [4.78, 5) is 26.3. The van der Waals surface area contributed by atoms with Crippen molar-refractivity contribution in [2.24, 2.45) is 5.92 Å². The van der Waals surface area contributed by atoms with Gasteiger partial charge in [0.1, 0.15) is 5.75 Å². The molecule has 4 rings (SSSR count). The fraction of sp³-hybridized carbons (Fsp3) is 0.391. The van der Waals surface area contributed by atoms with Gasteiger partial charge in [0, 0.05) is 37.8 Å². The highest BCUT2D eigenvalue weighted by Crippen LogP contribution is 2.35. The summed E-state index contributed by atoms with van der Waals surface area (Å²) in [6, 6.07) is 10.8. The minimum atomic E-state index is -3.75. The Bertz CT molecular complexity index is 1150. The second kappa shape index (κ2) is 8.55. The molecular weight excluding hydrogens is 430 g/mol. The van der Waals surface area contributed by atoms with Crippen LogP contribution in [0.4, 0.5) is 11.4 Å². The summed E-state index contributed by atoms with van der Waals surface area (Å²) in [5.74, 6) is -0.149. The number of carbonyl (C=O) groups is 2. The van der Waals surface area contributed by atoms with Gasteiger partial charge in [-0.25, -0.2) is 8.42 Å². The zero-order chi connectivity index (χ0) is 23.0. The van der Waals surface area contributed by atoms with Crippen molar-refractivity contribution in [1.82, 2.24) is 4.31 Å². The SMILES string of the molecule is Cc1ccc(N(C)C(=O)C2CCN(S(=O)(=O)c3cc4c(cc3C)NC(=O)CO4)CC2)cc1. The van der Waals surface area contributed by atoms with Crippen LogP contribution in [-0.4, -0.2) is 51.3 Å². The molecular formula is C23H27N3O5S. The third-order valence-corrected chi connectivity index (χ3v) is 8.12. The van der Waals surface area contributed by atoms with E-state index >= 15 is 0 Å². The number of nitrogens with zero attached hydrogens (tertiary/aromatic N) is 2. The molecule has 9 heteroatoms. The van der Waals surface area contributed by atoms with Gasteiger partial charge in [-0.15, -0.1) is 0 Å². The van der Waals surface area contributed by atoms with Crippen LogP contribution in [0.1, 0.15) is 24.0 Å². The molecule has 2 aromatic carbocycles. The number of hydrogen-bond acceptors (Lipinski definition) is 5. The topological polar surface area (TPSA) is 96.0 Å². The highest BCUT2D eigenvalue weighted by molar-refractivity contribution is 7.89. The highest BCUT2D eigenvalue weighted by atomic mass is 32.2. The number of aryl methyl sites for hydroxylation is 2. The largest absolute Gasteiger partial charge is 0.482 e. The van der Waals surface area contributed by atoms with Gasteiger partial charge in [-0.2, -0.15) is 4.31 Å². The van der Waals surface area contributed by atoms with Crippen LogP contribution in [0, 0.1) is 19.8 Å². The van der Waals surface area contributed by atoms with E-state index in [-0.39, 0.29) is 42.3 Å². The molecule has 2 aliphatic rings. The van der Waals surface area contributed by atoms with Gasteiger partial charge >= 0.3 is 0 Å². The molecule has 2 aliphatic heterocycles. The van der Waals surface area contributed by atoms with E-state index in [0.717, 1.165) is 11.3 Å². The lowest BCUT2D eigenvalue weighted by atomic mass is 9.96. The molecule has 0 radical (unpaired) electrons. The first-order valence-corrected chi connectivity index (χ1v) is 12.0. The van der Waals surface area contributed by atoms with E-state index in [4.69, 9.17) is 4.74 Å². The zero-order valence-electron chi connectivity index (χ0n) is 18.4. The second-order valence-corrected chi connectivity index (χ2v) is 10.3. The molecule has 0 unspecified atom stereocenters. The monoisotopic (exact) mass is 457 g/mol. The summed E-state index contributed by atoms with van der Waals surface area (Å²) >= 11 is 0. The molecule has 2 heterocycles. The van der Waals surface area contributed by atoms with Gasteiger partial charge in [-0.05, 0) is 50.5 Å². The highest BCUT2D eigenvalue weighted by Gasteiger charge is 2.35. The molecule has 0 atom stereocenters. The Kier molecular flexibility index (Phi) is 5.96. The van der Waals surface area contributed by atoms with Crippen molar-refractivity contribution in [3.05, 3.63) is 47.5 Å². The van der Waals surface area contributed by atoms with Crippen LogP contribution < -0.4 is 15.0 Å². The average Bonchev–Trinajstić information content (AvgIpc) is 2.78. The summed E-state index contributed by atoms with van der Waals surface area (Å²) in [6.07, 6.45) is 0.926. The van der Waals surface area contributed by atoms with Crippen LogP contribution in [0.5, 0.6) is 5.75 Å². The summed E-state index contributed by atoms with van der Waals surface area (Å²) in [7, 11) is -1.99. The minimum absolute atomic E-state index is 0.00000359. The smallest absolute Gasteiger partial charge is 0.262 e. The van der Waals surface area contributed by atoms with E-state index in [0.29, 0.717) is 29.8 Å². The van der Waals surface area contributed by atoms with Gasteiger partial charge in [0.05, 0.1) is 10.6 Å². The molecule has 170 valence electrons. The van der Waals surface area contributed by atoms with Crippen LogP contribution in [0.15, 0.2) is 41.3 Å². The van der Waals surface area contributed by atoms with Crippen LogP contribution in [0.3, 0.4) is 0 Å². The third kappa shape index (κ3) is 4.22. The molecule has 0 aliphatic carbocycles. The zero-order valence-corrected chi connectivity index (χ0v) is 19.2. The summed E-state index contributed by atoms with van der Waals surface area (Å²) < 4.78 is 33.4. The summed E-state index contributed by atoms with van der Waals surface area (Å²) in [5, 5.41) is 2.69. The van der Waals surface area contributed by atoms with E-state index in [2.05, 4.69) is 5.32 Å². The van der Waals surface area contributed by atoms with E-state index < -0.39 is 10.0 Å². The number of fused-ring (bicyclic) bond motifs is 1. The fourth-order valence-corrected chi connectivity index (χ4v) is 5.84. The van der Waals surface area contributed by atoms with E-state index in [1.807, 2.05) is 31.2 Å². The van der Waals surface area contributed by atoms with Crippen molar-refractivity contribution < 1.29 is 22.7 Å². The Hall–Kier alpha value is -2.91. The van der Waals surface area contributed by atoms with Crippen LogP contribution >= 0.6 is 0 Å². The van der Waals surface area contributed by atoms with Crippen LogP contribution in [-0.2, 0) is 19.6 Å². The Labute approximate surface area is 188 Å². The number of amides is 2. The number of anilines is 2. The molecule has 1 fully saturated rings. The second-order valence-electron chi connectivity index (χ2n) is 8.36. The van der Waals surface area contributed by atoms with Gasteiger partial charge in [-0.1, -0.05) is 17.7 Å². The predicted octanol–water partition coefficient (Wildman–Crippen LogP) is 2.70. The molecule has 0 saturated carbocycles. The van der Waals surface area contributed by atoms with Gasteiger partial charge in [-0.3, -0.25) is 9.59 Å². The number of hydrogen-bond donors (Lipinski definition) is 1. The normalized spacial score (nSPS) is 17.3. The van der Waals surface area contributed by atoms with E-state index in [9.17, 15) is 18.0 Å². The number of nitrogens with one attached hydrogen (secondary N) is 1. The molecule has 1 saturated heterocycles. The van der Waals surface area contributed by atoms with Crippen molar-refractivity contribution in [3.8, 4) is 5.75 Å². The number of piperidine rings is 1. The van der Waals surface area contributed by atoms with E-state index in [1.165, 1.54) is 10.4 Å². The van der Waals surface area contributed by atoms with Crippen molar-refractivity contribution in [2.45, 2.75) is 31.6 Å². The molecule has 2 aromatic rings. The Morgan fingerprint density at radius 3 is 2.44 bits per heavy atom. The van der Waals surface area contributed by atoms with Gasteiger partial charge in [0.15, 0.2) is 6.61 Å². The lowest BCUT2D eigenvalue weighted by molar-refractivity contribution is -0.123. The lowest BCUT2D eigenvalue weighted by Crippen LogP contribution is -2.43. The quantitative estimate of drug-likeness (QED) is 0.762. The number of benzene rings is 2. The first-order chi connectivity index (χ1) is 15.2. The Morgan fingerprint density at radius 1 is 1.12 bits per heavy atom. The van der Waals surface area contributed by atoms with Crippen molar-refractivity contribution >= 4 is 33.2 Å². The van der Waals surface area contributed by atoms with Gasteiger partial charge in [0.2, 0.25) is 15.9 Å². The molecule has 32 heavy (non-hydrogen) atoms. The Balaban J connectivity index is 1.46. The Morgan fingerprint density at radius 2 is 1.78 bits per heavy atom. The first kappa shape index (κ1) is 22.3. The molecule has 0 aromatic heterocycles. The third-order valence-electron chi connectivity index (χ3n) is 6.08. The number of ether oxygens (including phenoxy) is 1. The first-order valence-electron chi connectivity index (χ1n) is 10.6. The minimum Gasteiger partial charge on any atom is -0.482 e. The maximum Gasteiger partial charge on any atom is 0.262 e. The average molecular weight is 458 g/mol. The predicted molar refractivity (Wildman–Crippen MR) is 121 cm³/mol. The molecule has 1 N–H and O–H groups in total. The molecule has 0 bridgehead atoms. The molecule has 8 nitrogen and oxygen atoms in total. The van der Waals surface area contributed by atoms with E-state index in [1.54, 1.807) is 24.9 Å². The van der Waals surface area contributed by atoms with Crippen molar-refractivity contribution in [3.63, 3.8) is 0 Å². The number of sulfonamides is 1. The van der Waals surface area contributed by atoms with Crippen LogP contribution in [0.2, 0.25) is 0 Å². The number of rotatable bonds is 4. The lowest BCUT2D eigenvalue weighted by Gasteiger charge is -2.33. The maximum absolute atomic E-state index is 13.3. The molecule has 0 spiro atoms. The van der Waals surface area contributed by atoms with Crippen LogP contribution in [0.25, 0.3) is 0 Å². The van der Waals surface area contributed by atoms with Crippen molar-refractivity contribution in [1.29, 1.82) is 0 Å². The fourth-order valence-electron chi connectivity index (χ4n) is 4.15. The van der Waals surface area contributed by atoms with Crippen molar-refractivity contribution in [2.75, 3.05) is 37.0 Å². The molecule has 2 amide bonds.